The third-order valence-corrected chi connectivity index (χ3v) is 7.26. The standard InChI is InChI=1S/C30H33FN4O4S/c1-30(2,3)39-29(36)33-13-14-37-15-16-38-25-18-19(31)9-10-22(25)27-28-23(11-17-40-28)26(34-35-27)21-6-4-8-24-20(21)7-5-12-32-24/h4,6,8-11,17-18,32H,5,7,12-16H2,1-3H3,(H,33,36). The smallest absolute Gasteiger partial charge is 0.407 e. The minimum atomic E-state index is -0.556. The summed E-state index contributed by atoms with van der Waals surface area (Å²) in [5, 5.41) is 18.5. The second-order valence-corrected chi connectivity index (χ2v) is 11.4. The lowest BCUT2D eigenvalue weighted by Gasteiger charge is -2.21. The number of rotatable bonds is 9. The molecule has 2 aromatic carbocycles. The predicted octanol–water partition coefficient (Wildman–Crippen LogP) is 6.44. The molecule has 4 aromatic rings. The third kappa shape index (κ3) is 6.51. The fraction of sp³-hybridized carbons (Fsp3) is 0.367. The number of amides is 1. The number of alkyl carbamates (subject to hydrolysis) is 1. The maximum absolute atomic E-state index is 14.2. The summed E-state index contributed by atoms with van der Waals surface area (Å²) in [5.41, 5.74) is 5.09. The number of aromatic nitrogens is 2. The van der Waals surface area contributed by atoms with Crippen molar-refractivity contribution in [1.29, 1.82) is 0 Å². The van der Waals surface area contributed by atoms with E-state index in [0.717, 1.165) is 46.4 Å². The van der Waals surface area contributed by atoms with Gasteiger partial charge < -0.3 is 24.8 Å². The number of ether oxygens (including phenoxy) is 3. The van der Waals surface area contributed by atoms with Crippen LogP contribution in [0.4, 0.5) is 14.9 Å². The number of fused-ring (bicyclic) bond motifs is 2. The van der Waals surface area contributed by atoms with Crippen LogP contribution in [-0.2, 0) is 15.9 Å². The van der Waals surface area contributed by atoms with Gasteiger partial charge >= 0.3 is 6.09 Å². The normalized spacial score (nSPS) is 13.0. The molecule has 0 bridgehead atoms. The van der Waals surface area contributed by atoms with Crippen LogP contribution in [-0.4, -0.2) is 54.8 Å². The topological polar surface area (TPSA) is 94.6 Å². The number of carbonyl (C=O) groups is 1. The number of hydrogen-bond acceptors (Lipinski definition) is 8. The van der Waals surface area contributed by atoms with E-state index in [4.69, 9.17) is 14.2 Å². The lowest BCUT2D eigenvalue weighted by molar-refractivity contribution is 0.0489. The second-order valence-electron chi connectivity index (χ2n) is 10.5. The van der Waals surface area contributed by atoms with Crippen LogP contribution < -0.4 is 15.4 Å². The Morgan fingerprint density at radius 2 is 1.93 bits per heavy atom. The van der Waals surface area contributed by atoms with Gasteiger partial charge in [-0.15, -0.1) is 21.5 Å². The zero-order valence-corrected chi connectivity index (χ0v) is 23.7. The number of nitrogens with zero attached hydrogens (tertiary/aromatic N) is 2. The van der Waals surface area contributed by atoms with Gasteiger partial charge in [0.2, 0.25) is 0 Å². The lowest BCUT2D eigenvalue weighted by atomic mass is 9.94. The van der Waals surface area contributed by atoms with Crippen molar-refractivity contribution in [2.75, 3.05) is 38.2 Å². The Bertz CT molecular complexity index is 1500. The fourth-order valence-electron chi connectivity index (χ4n) is 4.65. The van der Waals surface area contributed by atoms with Crippen molar-refractivity contribution in [1.82, 2.24) is 15.5 Å². The van der Waals surface area contributed by atoms with E-state index in [2.05, 4.69) is 39.0 Å². The van der Waals surface area contributed by atoms with Crippen LogP contribution in [0.1, 0.15) is 32.8 Å². The van der Waals surface area contributed by atoms with E-state index in [1.54, 1.807) is 38.2 Å². The number of thiophene rings is 1. The third-order valence-electron chi connectivity index (χ3n) is 6.33. The minimum absolute atomic E-state index is 0.200. The van der Waals surface area contributed by atoms with E-state index in [0.29, 0.717) is 30.2 Å². The first-order valence-corrected chi connectivity index (χ1v) is 14.3. The first kappa shape index (κ1) is 27.8. The van der Waals surface area contributed by atoms with Crippen molar-refractivity contribution >= 4 is 33.2 Å². The van der Waals surface area contributed by atoms with Crippen LogP contribution in [0.25, 0.3) is 32.6 Å². The summed E-state index contributed by atoms with van der Waals surface area (Å²) in [6, 6.07) is 12.7. The molecule has 40 heavy (non-hydrogen) atoms. The summed E-state index contributed by atoms with van der Waals surface area (Å²) in [4.78, 5) is 11.7. The van der Waals surface area contributed by atoms with Crippen molar-refractivity contribution < 1.29 is 23.4 Å². The summed E-state index contributed by atoms with van der Waals surface area (Å²) in [6.45, 7) is 7.44. The average Bonchev–Trinajstić information content (AvgIpc) is 3.41. The Hall–Kier alpha value is -3.76. The van der Waals surface area contributed by atoms with E-state index >= 15 is 0 Å². The molecule has 210 valence electrons. The number of hydrogen-bond donors (Lipinski definition) is 2. The van der Waals surface area contributed by atoms with Gasteiger partial charge in [-0.05, 0) is 68.8 Å². The molecule has 0 saturated heterocycles. The van der Waals surface area contributed by atoms with Gasteiger partial charge in [-0.25, -0.2) is 9.18 Å². The van der Waals surface area contributed by atoms with E-state index in [1.807, 2.05) is 11.4 Å². The highest BCUT2D eigenvalue weighted by atomic mass is 32.1. The van der Waals surface area contributed by atoms with E-state index in [1.165, 1.54) is 17.7 Å². The molecule has 1 amide bonds. The minimum Gasteiger partial charge on any atom is -0.490 e. The van der Waals surface area contributed by atoms with Crippen LogP contribution in [0.15, 0.2) is 47.8 Å². The Kier molecular flexibility index (Phi) is 8.46. The van der Waals surface area contributed by atoms with Gasteiger partial charge in [0.25, 0.3) is 0 Å². The number of halogens is 1. The molecular formula is C30H33FN4O4S. The molecule has 8 nitrogen and oxygen atoms in total. The van der Waals surface area contributed by atoms with E-state index in [9.17, 15) is 9.18 Å². The van der Waals surface area contributed by atoms with Crippen LogP contribution in [0.5, 0.6) is 5.75 Å². The molecule has 3 heterocycles. The zero-order chi connectivity index (χ0) is 28.1. The SMILES string of the molecule is CC(C)(C)OC(=O)NCCOCCOc1cc(F)ccc1-c1nnc(-c2cccc3c2CCCN3)c2ccsc12. The van der Waals surface area contributed by atoms with Gasteiger partial charge in [-0.3, -0.25) is 0 Å². The van der Waals surface area contributed by atoms with E-state index in [-0.39, 0.29) is 13.2 Å². The monoisotopic (exact) mass is 564 g/mol. The molecule has 1 aliphatic heterocycles. The van der Waals surface area contributed by atoms with Crippen LogP contribution >= 0.6 is 11.3 Å². The molecule has 5 rings (SSSR count). The van der Waals surface area contributed by atoms with Crippen molar-refractivity contribution in [3.63, 3.8) is 0 Å². The first-order chi connectivity index (χ1) is 19.3. The number of benzene rings is 2. The maximum Gasteiger partial charge on any atom is 0.407 e. The number of carbonyl (C=O) groups excluding carboxylic acids is 1. The summed E-state index contributed by atoms with van der Waals surface area (Å²) < 4.78 is 31.9. The number of nitrogens with one attached hydrogen (secondary N) is 2. The zero-order valence-electron chi connectivity index (χ0n) is 22.9. The van der Waals surface area contributed by atoms with Crippen molar-refractivity contribution in [2.24, 2.45) is 0 Å². The van der Waals surface area contributed by atoms with Gasteiger partial charge in [0.15, 0.2) is 0 Å². The maximum atomic E-state index is 14.2. The molecule has 0 radical (unpaired) electrons. The Balaban J connectivity index is 1.29. The molecular weight excluding hydrogens is 531 g/mol. The predicted molar refractivity (Wildman–Crippen MR) is 156 cm³/mol. The molecule has 0 fully saturated rings. The van der Waals surface area contributed by atoms with Crippen molar-refractivity contribution in [3.8, 4) is 28.3 Å². The Labute approximate surface area is 236 Å². The molecule has 0 atom stereocenters. The quantitative estimate of drug-likeness (QED) is 0.226. The molecule has 2 aromatic heterocycles. The molecule has 0 aliphatic carbocycles. The first-order valence-electron chi connectivity index (χ1n) is 13.4. The summed E-state index contributed by atoms with van der Waals surface area (Å²) in [6.07, 6.45) is 1.57. The highest BCUT2D eigenvalue weighted by Gasteiger charge is 2.21. The van der Waals surface area contributed by atoms with Crippen molar-refractivity contribution in [3.05, 3.63) is 59.2 Å². The van der Waals surface area contributed by atoms with E-state index < -0.39 is 17.5 Å². The summed E-state index contributed by atoms with van der Waals surface area (Å²) in [7, 11) is 0. The lowest BCUT2D eigenvalue weighted by Crippen LogP contribution is -2.34. The second kappa shape index (κ2) is 12.2. The molecule has 1 aliphatic rings. The highest BCUT2D eigenvalue weighted by Crippen LogP contribution is 2.41. The molecule has 0 unspecified atom stereocenters. The van der Waals surface area contributed by atoms with Crippen LogP contribution in [0.3, 0.4) is 0 Å². The fourth-order valence-corrected chi connectivity index (χ4v) is 5.54. The van der Waals surface area contributed by atoms with Gasteiger partial charge in [-0.2, -0.15) is 0 Å². The largest absolute Gasteiger partial charge is 0.490 e. The van der Waals surface area contributed by atoms with Gasteiger partial charge in [0, 0.05) is 41.4 Å². The summed E-state index contributed by atoms with van der Waals surface area (Å²) >= 11 is 1.57. The Morgan fingerprint density at radius 3 is 2.77 bits per heavy atom. The van der Waals surface area contributed by atoms with Gasteiger partial charge in [0.05, 0.1) is 17.9 Å². The number of anilines is 1. The highest BCUT2D eigenvalue weighted by molar-refractivity contribution is 7.17. The van der Waals surface area contributed by atoms with Gasteiger partial charge in [-0.1, -0.05) is 12.1 Å². The van der Waals surface area contributed by atoms with Crippen molar-refractivity contribution in [2.45, 2.75) is 39.2 Å². The summed E-state index contributed by atoms with van der Waals surface area (Å²) in [5.74, 6) is -0.0369. The van der Waals surface area contributed by atoms with Crippen LogP contribution in [0.2, 0.25) is 0 Å². The molecule has 0 saturated carbocycles. The molecule has 0 spiro atoms. The van der Waals surface area contributed by atoms with Gasteiger partial charge in [0.1, 0.15) is 35.2 Å². The molecule has 2 N–H and O–H groups in total. The Morgan fingerprint density at radius 1 is 1.07 bits per heavy atom. The average molecular weight is 565 g/mol. The van der Waals surface area contributed by atoms with Crippen LogP contribution in [0, 0.1) is 5.82 Å². The molecule has 10 heteroatoms.